The van der Waals surface area contributed by atoms with Gasteiger partial charge in [0.15, 0.2) is 0 Å². The van der Waals surface area contributed by atoms with Crippen LogP contribution in [-0.4, -0.2) is 78.4 Å². The Hall–Kier alpha value is -1.13. The summed E-state index contributed by atoms with van der Waals surface area (Å²) in [6.07, 6.45) is 12.8. The van der Waals surface area contributed by atoms with E-state index in [-0.39, 0.29) is 0 Å². The van der Waals surface area contributed by atoms with Crippen LogP contribution in [0, 0.1) is 0 Å². The van der Waals surface area contributed by atoms with Gasteiger partial charge in [-0.25, -0.2) is 0 Å². The van der Waals surface area contributed by atoms with Gasteiger partial charge in [0, 0.05) is 44.8 Å². The molecule has 0 aromatic rings. The van der Waals surface area contributed by atoms with E-state index in [1.54, 1.807) is 0 Å². The number of likely N-dealkylation sites (N-methyl/N-ethyl adjacent to an activating group) is 1. The van der Waals surface area contributed by atoms with Crippen molar-refractivity contribution in [1.29, 1.82) is 0 Å². The molecule has 2 unspecified atom stereocenters. The van der Waals surface area contributed by atoms with Crippen LogP contribution < -0.4 is 0 Å². The second-order valence-electron chi connectivity index (χ2n) is 6.86. The molecule has 0 aromatic heterocycles. The highest BCUT2D eigenvalue weighted by atomic mass is 15.4. The Bertz CT molecular complexity index is 491. The Balaban J connectivity index is 1.47. The lowest BCUT2D eigenvalue weighted by Crippen LogP contribution is -2.79. The minimum Gasteiger partial charge on any atom is -0.359 e. The first-order valence-corrected chi connectivity index (χ1v) is 8.35. The van der Waals surface area contributed by atoms with Crippen molar-refractivity contribution in [2.45, 2.75) is 30.8 Å². The van der Waals surface area contributed by atoms with Crippen LogP contribution >= 0.6 is 0 Å². The summed E-state index contributed by atoms with van der Waals surface area (Å²) >= 11 is 0. The van der Waals surface area contributed by atoms with Crippen molar-refractivity contribution in [3.8, 4) is 0 Å². The van der Waals surface area contributed by atoms with Crippen molar-refractivity contribution in [2.75, 3.05) is 46.3 Å². The Morgan fingerprint density at radius 3 is 2.86 bits per heavy atom. The number of nitrogens with zero attached hydrogens (tertiary/aromatic N) is 4. The average Bonchev–Trinajstić information content (AvgIpc) is 2.49. The van der Waals surface area contributed by atoms with Crippen LogP contribution in [0.1, 0.15) is 19.3 Å². The molecule has 114 valence electrons. The lowest BCUT2D eigenvalue weighted by Gasteiger charge is -2.69. The third-order valence-corrected chi connectivity index (χ3v) is 5.94. The summed E-state index contributed by atoms with van der Waals surface area (Å²) in [6, 6.07) is 0.787. The minimum absolute atomic E-state index is 0.565. The van der Waals surface area contributed by atoms with Gasteiger partial charge in [-0.3, -0.25) is 14.8 Å². The molecule has 0 N–H and O–H groups in total. The fraction of sp³-hybridized carbons (Fsp3) is 0.706. The molecule has 3 fully saturated rings. The molecule has 0 aromatic carbocycles. The highest BCUT2D eigenvalue weighted by molar-refractivity contribution is 5.84. The van der Waals surface area contributed by atoms with Gasteiger partial charge in [-0.05, 0) is 19.3 Å². The van der Waals surface area contributed by atoms with E-state index in [1.165, 1.54) is 44.7 Å². The quantitative estimate of drug-likeness (QED) is 0.765. The third-order valence-electron chi connectivity index (χ3n) is 5.94. The summed E-state index contributed by atoms with van der Waals surface area (Å²) in [5, 5.41) is 0. The summed E-state index contributed by atoms with van der Waals surface area (Å²) in [7, 11) is 2.17. The summed E-state index contributed by atoms with van der Waals surface area (Å²) in [5.41, 5.74) is 0.565. The molecule has 2 atom stereocenters. The maximum Gasteiger partial charge on any atom is 0.114 e. The molecule has 2 saturated heterocycles. The monoisotopic (exact) mass is 286 g/mol. The third kappa shape index (κ3) is 2.16. The first kappa shape index (κ1) is 13.5. The minimum atomic E-state index is 0.565. The molecule has 0 amide bonds. The predicted molar refractivity (Wildman–Crippen MR) is 86.7 cm³/mol. The summed E-state index contributed by atoms with van der Waals surface area (Å²) in [4.78, 5) is 12.6. The topological polar surface area (TPSA) is 22.1 Å². The standard InChI is InChI=1S/C17H26N4/c1-19-10-5-3-2-4-9-18-16(19)14-20-12-13-21-11-8-17(21)7-6-15(17)20/h2-5,15H,6-14H2,1H3/b4-2-,5-3-,18-16?. The Morgan fingerprint density at radius 1 is 1.19 bits per heavy atom. The second-order valence-corrected chi connectivity index (χ2v) is 6.86. The van der Waals surface area contributed by atoms with Crippen LogP contribution in [0.2, 0.25) is 0 Å². The molecule has 4 rings (SSSR count). The molecule has 0 bridgehead atoms. The van der Waals surface area contributed by atoms with Gasteiger partial charge in [-0.1, -0.05) is 24.3 Å². The van der Waals surface area contributed by atoms with E-state index in [1.807, 2.05) is 0 Å². The predicted octanol–water partition coefficient (Wildman–Crippen LogP) is 1.37. The zero-order valence-electron chi connectivity index (χ0n) is 13.0. The molecular weight excluding hydrogens is 260 g/mol. The molecule has 4 nitrogen and oxygen atoms in total. The SMILES string of the molecule is CN1C/C=C\C=C/CN=C1CN1CCN2CCC23CCC13. The maximum absolute atomic E-state index is 4.82. The van der Waals surface area contributed by atoms with Crippen LogP contribution in [0.4, 0.5) is 0 Å². The van der Waals surface area contributed by atoms with E-state index in [0.717, 1.165) is 25.7 Å². The van der Waals surface area contributed by atoms with E-state index in [0.29, 0.717) is 5.54 Å². The van der Waals surface area contributed by atoms with Crippen LogP contribution in [0.5, 0.6) is 0 Å². The van der Waals surface area contributed by atoms with Crippen molar-refractivity contribution in [1.82, 2.24) is 14.7 Å². The largest absolute Gasteiger partial charge is 0.359 e. The lowest BCUT2D eigenvalue weighted by molar-refractivity contribution is -0.170. The fourth-order valence-electron chi connectivity index (χ4n) is 4.45. The fourth-order valence-corrected chi connectivity index (χ4v) is 4.45. The Morgan fingerprint density at radius 2 is 2.10 bits per heavy atom. The van der Waals surface area contributed by atoms with Gasteiger partial charge in [-0.15, -0.1) is 0 Å². The molecule has 4 aliphatic rings. The molecule has 1 saturated carbocycles. The van der Waals surface area contributed by atoms with Crippen molar-refractivity contribution in [3.63, 3.8) is 0 Å². The molecular formula is C17H26N4. The van der Waals surface area contributed by atoms with Gasteiger partial charge in [0.1, 0.15) is 5.84 Å². The molecule has 1 spiro atoms. The Labute approximate surface area is 127 Å². The molecule has 3 aliphatic heterocycles. The van der Waals surface area contributed by atoms with Crippen LogP contribution in [-0.2, 0) is 0 Å². The van der Waals surface area contributed by atoms with Crippen LogP contribution in [0.3, 0.4) is 0 Å². The first-order valence-electron chi connectivity index (χ1n) is 8.35. The first-order chi connectivity index (χ1) is 10.3. The van der Waals surface area contributed by atoms with Gasteiger partial charge in [-0.2, -0.15) is 0 Å². The zero-order valence-corrected chi connectivity index (χ0v) is 13.0. The summed E-state index contributed by atoms with van der Waals surface area (Å²) in [6.45, 7) is 6.59. The number of allylic oxidation sites excluding steroid dienone is 2. The number of hydrogen-bond donors (Lipinski definition) is 0. The second kappa shape index (κ2) is 5.25. The molecule has 1 aliphatic carbocycles. The van der Waals surface area contributed by atoms with E-state index in [2.05, 4.69) is 46.1 Å². The molecule has 3 heterocycles. The number of hydrogen-bond acceptors (Lipinski definition) is 4. The molecule has 21 heavy (non-hydrogen) atoms. The van der Waals surface area contributed by atoms with Gasteiger partial charge in [0.2, 0.25) is 0 Å². The van der Waals surface area contributed by atoms with E-state index in [9.17, 15) is 0 Å². The smallest absolute Gasteiger partial charge is 0.114 e. The normalized spacial score (nSPS) is 39.6. The zero-order chi connectivity index (χ0) is 14.3. The highest BCUT2D eigenvalue weighted by Gasteiger charge is 2.59. The number of rotatable bonds is 2. The number of piperazine rings is 1. The van der Waals surface area contributed by atoms with Gasteiger partial charge < -0.3 is 4.90 Å². The van der Waals surface area contributed by atoms with Crippen molar-refractivity contribution in [2.24, 2.45) is 4.99 Å². The lowest BCUT2D eigenvalue weighted by atomic mass is 9.61. The molecule has 0 radical (unpaired) electrons. The highest BCUT2D eigenvalue weighted by Crippen LogP contribution is 2.51. The summed E-state index contributed by atoms with van der Waals surface area (Å²) < 4.78 is 0. The van der Waals surface area contributed by atoms with E-state index >= 15 is 0 Å². The van der Waals surface area contributed by atoms with Gasteiger partial charge >= 0.3 is 0 Å². The Kier molecular flexibility index (Phi) is 3.38. The average molecular weight is 286 g/mol. The molecule has 4 heteroatoms. The van der Waals surface area contributed by atoms with Crippen LogP contribution in [0.25, 0.3) is 0 Å². The van der Waals surface area contributed by atoms with E-state index < -0.39 is 0 Å². The van der Waals surface area contributed by atoms with Gasteiger partial charge in [0.25, 0.3) is 0 Å². The number of aliphatic imine (C=N–C) groups is 1. The van der Waals surface area contributed by atoms with Crippen molar-refractivity contribution in [3.05, 3.63) is 24.3 Å². The van der Waals surface area contributed by atoms with Crippen molar-refractivity contribution >= 4 is 5.84 Å². The van der Waals surface area contributed by atoms with Gasteiger partial charge in [0.05, 0.1) is 13.1 Å². The number of amidine groups is 1. The maximum atomic E-state index is 4.82. The summed E-state index contributed by atoms with van der Waals surface area (Å²) in [5.74, 6) is 1.25. The van der Waals surface area contributed by atoms with Crippen molar-refractivity contribution < 1.29 is 0 Å². The van der Waals surface area contributed by atoms with Crippen LogP contribution in [0.15, 0.2) is 29.3 Å². The van der Waals surface area contributed by atoms with E-state index in [4.69, 9.17) is 4.99 Å².